The van der Waals surface area contributed by atoms with Gasteiger partial charge in [0.05, 0.1) is 0 Å². The Bertz CT molecular complexity index is 743. The molecular weight excluding hydrogens is 390 g/mol. The van der Waals surface area contributed by atoms with E-state index in [-0.39, 0.29) is 12.5 Å². The third-order valence-electron chi connectivity index (χ3n) is 6.32. The fourth-order valence-electron chi connectivity index (χ4n) is 4.35. The first-order valence-corrected chi connectivity index (χ1v) is 11.6. The Morgan fingerprint density at radius 1 is 1.23 bits per heavy atom. The average Bonchev–Trinajstić information content (AvgIpc) is 3.23. The summed E-state index contributed by atoms with van der Waals surface area (Å²) in [6, 6.07) is 7.07. The van der Waals surface area contributed by atoms with Crippen molar-refractivity contribution in [2.24, 2.45) is 4.99 Å². The van der Waals surface area contributed by atoms with Gasteiger partial charge in [-0.05, 0) is 57.8 Å². The summed E-state index contributed by atoms with van der Waals surface area (Å²) in [5.74, 6) is 1.82. The first-order valence-electron chi connectivity index (χ1n) is 11.6. The minimum Gasteiger partial charge on any atom is -0.356 e. The molecule has 3 heterocycles. The number of nitrogens with one attached hydrogen (secondary N) is 2. The van der Waals surface area contributed by atoms with Crippen LogP contribution in [-0.2, 0) is 4.79 Å². The van der Waals surface area contributed by atoms with Crippen LogP contribution in [0.2, 0.25) is 0 Å². The molecule has 2 saturated heterocycles. The van der Waals surface area contributed by atoms with Crippen molar-refractivity contribution in [1.29, 1.82) is 0 Å². The quantitative estimate of drug-likeness (QED) is 0.505. The molecular formula is C23H39N7O. The highest BCUT2D eigenvalue weighted by Gasteiger charge is 2.24. The molecule has 2 aliphatic heterocycles. The number of pyridine rings is 1. The fraction of sp³-hybridized carbons (Fsp3) is 0.696. The van der Waals surface area contributed by atoms with Crippen LogP contribution >= 0.6 is 0 Å². The van der Waals surface area contributed by atoms with Crippen LogP contribution < -0.4 is 15.5 Å². The number of aryl methyl sites for hydroxylation is 1. The highest BCUT2D eigenvalue weighted by Crippen LogP contribution is 2.18. The SMILES string of the molecule is CCN1CCCC1CNC(=NCC(=O)N(C)C)NC1CCN(c2cccc(C)n2)CC1. The lowest BCUT2D eigenvalue weighted by molar-refractivity contribution is -0.127. The Labute approximate surface area is 187 Å². The summed E-state index contributed by atoms with van der Waals surface area (Å²) < 4.78 is 0. The van der Waals surface area contributed by atoms with Crippen LogP contribution in [0.25, 0.3) is 0 Å². The van der Waals surface area contributed by atoms with E-state index in [0.717, 1.165) is 56.5 Å². The van der Waals surface area contributed by atoms with E-state index in [1.807, 2.05) is 13.0 Å². The van der Waals surface area contributed by atoms with Gasteiger partial charge in [0.25, 0.3) is 0 Å². The number of carbonyl (C=O) groups is 1. The van der Waals surface area contributed by atoms with Crippen molar-refractivity contribution in [3.05, 3.63) is 23.9 Å². The number of likely N-dealkylation sites (tertiary alicyclic amines) is 1. The lowest BCUT2D eigenvalue weighted by Crippen LogP contribution is -2.51. The topological polar surface area (TPSA) is 76.1 Å². The molecule has 0 saturated carbocycles. The van der Waals surface area contributed by atoms with Crippen LogP contribution in [0.15, 0.2) is 23.2 Å². The molecule has 3 rings (SSSR count). The van der Waals surface area contributed by atoms with Gasteiger partial charge in [-0.1, -0.05) is 13.0 Å². The Balaban J connectivity index is 1.56. The first kappa shape index (κ1) is 23.3. The molecule has 0 bridgehead atoms. The molecule has 1 amide bonds. The maximum atomic E-state index is 12.1. The summed E-state index contributed by atoms with van der Waals surface area (Å²) >= 11 is 0. The molecule has 0 radical (unpaired) electrons. The van der Waals surface area contributed by atoms with Gasteiger partial charge in [0.1, 0.15) is 12.4 Å². The number of aromatic nitrogens is 1. The highest BCUT2D eigenvalue weighted by molar-refractivity contribution is 5.85. The summed E-state index contributed by atoms with van der Waals surface area (Å²) in [4.78, 5) is 27.8. The molecule has 2 aliphatic rings. The lowest BCUT2D eigenvalue weighted by Gasteiger charge is -2.34. The number of aliphatic imine (C=N–C) groups is 1. The van der Waals surface area contributed by atoms with Gasteiger partial charge in [0.15, 0.2) is 5.96 Å². The van der Waals surface area contributed by atoms with Crippen molar-refractivity contribution in [1.82, 2.24) is 25.4 Å². The molecule has 2 N–H and O–H groups in total. The van der Waals surface area contributed by atoms with Crippen LogP contribution in [0, 0.1) is 6.92 Å². The summed E-state index contributed by atoms with van der Waals surface area (Å²) in [5.41, 5.74) is 1.05. The summed E-state index contributed by atoms with van der Waals surface area (Å²) in [5, 5.41) is 7.11. The van der Waals surface area contributed by atoms with E-state index in [4.69, 9.17) is 0 Å². The number of nitrogens with zero attached hydrogens (tertiary/aromatic N) is 5. The van der Waals surface area contributed by atoms with E-state index in [1.165, 1.54) is 19.4 Å². The number of hydrogen-bond donors (Lipinski definition) is 2. The zero-order valence-electron chi connectivity index (χ0n) is 19.6. The van der Waals surface area contributed by atoms with Crippen molar-refractivity contribution < 1.29 is 4.79 Å². The zero-order chi connectivity index (χ0) is 22.2. The van der Waals surface area contributed by atoms with Crippen molar-refractivity contribution in [2.75, 3.05) is 58.3 Å². The molecule has 8 heteroatoms. The van der Waals surface area contributed by atoms with Crippen LogP contribution in [0.5, 0.6) is 0 Å². The Hall–Kier alpha value is -2.35. The minimum absolute atomic E-state index is 0.0116. The first-order chi connectivity index (χ1) is 15.0. The van der Waals surface area contributed by atoms with Gasteiger partial charge in [-0.15, -0.1) is 0 Å². The number of rotatable bonds is 7. The molecule has 1 unspecified atom stereocenters. The van der Waals surface area contributed by atoms with E-state index >= 15 is 0 Å². The number of likely N-dealkylation sites (N-methyl/N-ethyl adjacent to an activating group) is 2. The Morgan fingerprint density at radius 3 is 2.68 bits per heavy atom. The number of guanidine groups is 1. The average molecular weight is 430 g/mol. The van der Waals surface area contributed by atoms with Crippen molar-refractivity contribution in [3.8, 4) is 0 Å². The van der Waals surface area contributed by atoms with Gasteiger partial charge in [-0.3, -0.25) is 9.69 Å². The van der Waals surface area contributed by atoms with Gasteiger partial charge in [-0.25, -0.2) is 9.98 Å². The van der Waals surface area contributed by atoms with Gasteiger partial charge in [0, 0.05) is 51.5 Å². The second-order valence-electron chi connectivity index (χ2n) is 8.80. The Morgan fingerprint density at radius 2 is 2.00 bits per heavy atom. The van der Waals surface area contributed by atoms with Crippen LogP contribution in [0.1, 0.15) is 38.3 Å². The van der Waals surface area contributed by atoms with Crippen molar-refractivity contribution >= 4 is 17.7 Å². The lowest BCUT2D eigenvalue weighted by atomic mass is 10.1. The molecule has 8 nitrogen and oxygen atoms in total. The van der Waals surface area contributed by atoms with Crippen LogP contribution in [0.3, 0.4) is 0 Å². The van der Waals surface area contributed by atoms with E-state index in [0.29, 0.717) is 12.1 Å². The molecule has 1 atom stereocenters. The number of hydrogen-bond acceptors (Lipinski definition) is 5. The summed E-state index contributed by atoms with van der Waals surface area (Å²) in [6.07, 6.45) is 4.50. The standard InChI is InChI=1S/C23H39N7O/c1-5-29-13-7-9-20(29)16-24-23(25-17-22(31)28(3)4)27-19-11-14-30(15-12-19)21-10-6-8-18(2)26-21/h6,8,10,19-20H,5,7,9,11-17H2,1-4H3,(H2,24,25,27). The van der Waals surface area contributed by atoms with Gasteiger partial charge >= 0.3 is 0 Å². The highest BCUT2D eigenvalue weighted by atomic mass is 16.2. The Kier molecular flexibility index (Phi) is 8.51. The molecule has 31 heavy (non-hydrogen) atoms. The van der Waals surface area contributed by atoms with Crippen LogP contribution in [0.4, 0.5) is 5.82 Å². The largest absolute Gasteiger partial charge is 0.356 e. The third-order valence-corrected chi connectivity index (χ3v) is 6.32. The molecule has 0 spiro atoms. The third kappa shape index (κ3) is 6.82. The second-order valence-corrected chi connectivity index (χ2v) is 8.80. The zero-order valence-corrected chi connectivity index (χ0v) is 19.6. The molecule has 1 aromatic rings. The molecule has 0 aliphatic carbocycles. The van der Waals surface area contributed by atoms with Crippen LogP contribution in [-0.4, -0.2) is 92.1 Å². The van der Waals surface area contributed by atoms with E-state index in [9.17, 15) is 4.79 Å². The smallest absolute Gasteiger partial charge is 0.243 e. The van der Waals surface area contributed by atoms with Crippen molar-refractivity contribution in [3.63, 3.8) is 0 Å². The number of amides is 1. The summed E-state index contributed by atoms with van der Waals surface area (Å²) in [6.45, 7) is 9.46. The fourth-order valence-corrected chi connectivity index (χ4v) is 4.35. The predicted molar refractivity (Wildman–Crippen MR) is 127 cm³/mol. The maximum Gasteiger partial charge on any atom is 0.243 e. The molecule has 172 valence electrons. The number of carbonyl (C=O) groups excluding carboxylic acids is 1. The normalized spacial score (nSPS) is 20.7. The summed E-state index contributed by atoms with van der Waals surface area (Å²) in [7, 11) is 3.54. The second kappa shape index (κ2) is 11.3. The van der Waals surface area contributed by atoms with E-state index in [1.54, 1.807) is 19.0 Å². The van der Waals surface area contributed by atoms with Gasteiger partial charge in [0.2, 0.25) is 5.91 Å². The monoisotopic (exact) mass is 429 g/mol. The van der Waals surface area contributed by atoms with Gasteiger partial charge < -0.3 is 20.4 Å². The number of piperidine rings is 1. The molecule has 1 aromatic heterocycles. The molecule has 0 aromatic carbocycles. The van der Waals surface area contributed by atoms with E-state index in [2.05, 4.69) is 49.5 Å². The maximum absolute atomic E-state index is 12.1. The van der Waals surface area contributed by atoms with E-state index < -0.39 is 0 Å². The minimum atomic E-state index is 0.0116. The predicted octanol–water partition coefficient (Wildman–Crippen LogP) is 1.47. The van der Waals surface area contributed by atoms with Gasteiger partial charge in [-0.2, -0.15) is 0 Å². The van der Waals surface area contributed by atoms with Crippen molar-refractivity contribution in [2.45, 2.75) is 51.6 Å². The number of anilines is 1. The molecule has 2 fully saturated rings.